The Morgan fingerprint density at radius 3 is 2.72 bits per heavy atom. The van der Waals surface area contributed by atoms with Gasteiger partial charge in [0.05, 0.1) is 16.6 Å². The van der Waals surface area contributed by atoms with Crippen molar-refractivity contribution in [3.63, 3.8) is 0 Å². The molecule has 0 radical (unpaired) electrons. The van der Waals surface area contributed by atoms with Gasteiger partial charge in [0, 0.05) is 82.6 Å². The summed E-state index contributed by atoms with van der Waals surface area (Å²) in [5, 5.41) is 11.5. The maximum Gasteiger partial charge on any atom is 0.316 e. The summed E-state index contributed by atoms with van der Waals surface area (Å²) in [4.78, 5) is 21.1. The Balaban J connectivity index is 0.000000281. The summed E-state index contributed by atoms with van der Waals surface area (Å²) < 4.78 is 43.1. The Labute approximate surface area is 289 Å². The summed E-state index contributed by atoms with van der Waals surface area (Å²) in [5.74, 6) is -0.300. The quantitative estimate of drug-likeness (QED) is 0.132. The zero-order valence-corrected chi connectivity index (χ0v) is 30.2. The molecular formula is C30H28ClF3IN6OU-. The number of aromatic nitrogens is 4. The number of anilines is 1. The van der Waals surface area contributed by atoms with E-state index in [4.69, 9.17) is 11.6 Å². The summed E-state index contributed by atoms with van der Waals surface area (Å²) >= 11 is 8.68. The Bertz CT molecular complexity index is 1670. The molecule has 4 aromatic rings. The van der Waals surface area contributed by atoms with E-state index in [1.165, 1.54) is 43.2 Å². The molecular weight excluding hydrogens is 918 g/mol. The number of fused-ring (bicyclic) bond motifs is 4. The predicted molar refractivity (Wildman–Crippen MR) is 165 cm³/mol. The van der Waals surface area contributed by atoms with Crippen molar-refractivity contribution in [2.24, 2.45) is 5.92 Å². The first-order chi connectivity index (χ1) is 20.3. The van der Waals surface area contributed by atoms with Crippen LogP contribution in [-0.4, -0.2) is 65.7 Å². The average molecular weight is 946 g/mol. The first-order valence-corrected chi connectivity index (χ1v) is 15.9. The van der Waals surface area contributed by atoms with Crippen LogP contribution in [0.4, 0.5) is 19.0 Å². The molecule has 0 spiro atoms. The predicted octanol–water partition coefficient (Wildman–Crippen LogP) is 7.03. The molecule has 0 bridgehead atoms. The Hall–Kier alpha value is -1.46. The second kappa shape index (κ2) is 12.7. The molecule has 3 aliphatic heterocycles. The molecule has 3 saturated heterocycles. The minimum absolute atomic E-state index is 0. The van der Waals surface area contributed by atoms with Crippen molar-refractivity contribution < 1.29 is 49.4 Å². The third-order valence-corrected chi connectivity index (χ3v) is 10.8. The molecule has 4 atom stereocenters. The largest absolute Gasteiger partial charge is 0.479 e. The zero-order chi connectivity index (χ0) is 29.1. The summed E-state index contributed by atoms with van der Waals surface area (Å²) in [7, 11) is 0. The number of hydrogen-bond donors (Lipinski definition) is 1. The van der Waals surface area contributed by atoms with Gasteiger partial charge in [0.25, 0.3) is 0 Å². The number of alkyl halides is 2. The van der Waals surface area contributed by atoms with E-state index in [0.717, 1.165) is 45.2 Å². The number of hydrogen-bond acceptors (Lipinski definition) is 7. The molecule has 4 aliphatic rings. The van der Waals surface area contributed by atoms with E-state index in [2.05, 4.69) is 52.3 Å². The number of benzene rings is 1. The maximum absolute atomic E-state index is 15.9. The smallest absolute Gasteiger partial charge is 0.316 e. The van der Waals surface area contributed by atoms with E-state index in [0.29, 0.717) is 44.4 Å². The summed E-state index contributed by atoms with van der Waals surface area (Å²) in [6.07, 6.45) is 10.3. The number of nitrogens with zero attached hydrogens (tertiary/aromatic N) is 6. The van der Waals surface area contributed by atoms with Crippen LogP contribution in [0.3, 0.4) is 0 Å². The molecule has 224 valence electrons. The Morgan fingerprint density at radius 1 is 1.07 bits per heavy atom. The molecule has 4 fully saturated rings. The Kier molecular flexibility index (Phi) is 9.34. The summed E-state index contributed by atoms with van der Waals surface area (Å²) in [6, 6.07) is 3.94. The van der Waals surface area contributed by atoms with E-state index in [1.54, 1.807) is 0 Å². The molecule has 43 heavy (non-hydrogen) atoms. The van der Waals surface area contributed by atoms with E-state index in [1.807, 2.05) is 0 Å². The summed E-state index contributed by atoms with van der Waals surface area (Å²) in [6.45, 7) is 2.56. The van der Waals surface area contributed by atoms with Crippen LogP contribution >= 0.6 is 34.2 Å². The van der Waals surface area contributed by atoms with Gasteiger partial charge in [-0.25, -0.2) is 19.2 Å². The van der Waals surface area contributed by atoms with Gasteiger partial charge in [0.1, 0.15) is 22.8 Å². The second-order valence-electron chi connectivity index (χ2n) is 11.4. The number of rotatable bonds is 2. The fourth-order valence-electron chi connectivity index (χ4n) is 6.73. The molecule has 0 amide bonds. The second-order valence-corrected chi connectivity index (χ2v) is 13.2. The maximum atomic E-state index is 15.9. The minimum atomic E-state index is -0.741. The first-order valence-electron chi connectivity index (χ1n) is 14.2. The van der Waals surface area contributed by atoms with E-state index < -0.39 is 23.8 Å². The van der Waals surface area contributed by atoms with Crippen molar-refractivity contribution in [1.82, 2.24) is 24.8 Å². The molecule has 7 nitrogen and oxygen atoms in total. The molecule has 13 heteroatoms. The van der Waals surface area contributed by atoms with Crippen molar-refractivity contribution in [2.75, 3.05) is 24.5 Å². The third-order valence-electron chi connectivity index (χ3n) is 8.79. The molecule has 1 N–H and O–H groups in total. The van der Waals surface area contributed by atoms with Gasteiger partial charge in [0.2, 0.25) is 0 Å². The van der Waals surface area contributed by atoms with Crippen molar-refractivity contribution in [2.45, 2.75) is 54.7 Å². The molecule has 3 aromatic heterocycles. The van der Waals surface area contributed by atoms with Gasteiger partial charge in [-0.15, -0.1) is 6.42 Å². The van der Waals surface area contributed by atoms with Crippen molar-refractivity contribution in [3.8, 4) is 17.3 Å². The molecule has 1 saturated carbocycles. The van der Waals surface area contributed by atoms with Gasteiger partial charge in [0.15, 0.2) is 5.82 Å². The molecule has 1 aromatic carbocycles. The van der Waals surface area contributed by atoms with Gasteiger partial charge in [-0.05, 0) is 44.0 Å². The Morgan fingerprint density at radius 2 is 1.91 bits per heavy atom. The van der Waals surface area contributed by atoms with Gasteiger partial charge < -0.3 is 14.9 Å². The minimum Gasteiger partial charge on any atom is -0.479 e. The monoisotopic (exact) mass is 945 g/mol. The molecule has 1 aliphatic carbocycles. The SMILES string of the molecule is F[C@@H]1C[C-]2CCCN2C1.Oc1nc(N2CCCC[C@H]3[C@H](I)[C@H]32)c2cnc(-c3cncc4ccc(F)c(Cl)c34)c(F)c2n1.[U]. The van der Waals surface area contributed by atoms with Crippen LogP contribution in [0.1, 0.15) is 38.5 Å². The number of aromatic hydroxyl groups is 1. The van der Waals surface area contributed by atoms with Crippen molar-refractivity contribution in [3.05, 3.63) is 53.4 Å². The van der Waals surface area contributed by atoms with Crippen molar-refractivity contribution in [1.29, 1.82) is 0 Å². The number of pyridine rings is 2. The van der Waals surface area contributed by atoms with Crippen molar-refractivity contribution >= 4 is 61.7 Å². The average Bonchev–Trinajstić information content (AvgIpc) is 3.28. The van der Waals surface area contributed by atoms with Gasteiger partial charge in [-0.1, -0.05) is 47.0 Å². The fraction of sp³-hybridized carbons (Fsp3) is 0.433. The van der Waals surface area contributed by atoms with Crippen LogP contribution < -0.4 is 4.90 Å². The molecule has 6 heterocycles. The third kappa shape index (κ3) is 5.84. The molecule has 8 rings (SSSR count). The molecule has 0 unspecified atom stereocenters. The van der Waals surface area contributed by atoms with Crippen LogP contribution in [0.5, 0.6) is 6.01 Å². The van der Waals surface area contributed by atoms with Crippen LogP contribution in [0.25, 0.3) is 32.9 Å². The normalized spacial score (nSPS) is 25.1. The van der Waals surface area contributed by atoms with Crippen LogP contribution in [0.2, 0.25) is 5.02 Å². The van der Waals surface area contributed by atoms with E-state index in [-0.39, 0.29) is 52.9 Å². The first kappa shape index (κ1) is 31.5. The fourth-order valence-corrected chi connectivity index (χ4v) is 8.47. The van der Waals surface area contributed by atoms with Gasteiger partial charge in [-0.2, -0.15) is 16.4 Å². The van der Waals surface area contributed by atoms with Gasteiger partial charge in [-0.3, -0.25) is 9.97 Å². The van der Waals surface area contributed by atoms with E-state index >= 15 is 4.39 Å². The topological polar surface area (TPSA) is 78.3 Å². The standard InChI is InChI=1S/C23H17ClF2IN5O.C7H11FN.U/c24-16-14(25)5-4-10-7-28-8-12(15(10)16)19-17(26)20-13(9-29-19)22(31-23(33)30-20)32-6-2-1-3-11-18(27)21(11)32;8-6-4-7-2-1-3-9(7)5-6;/h4-5,7-9,11,18,21H,1-3,6H2,(H,30,31,33);6H,1-5H2;/q;-1;/t11-,18-,21-;6-;/m01./s1. The van der Waals surface area contributed by atoms with Crippen LogP contribution in [0.15, 0.2) is 30.7 Å². The number of halogens is 5. The van der Waals surface area contributed by atoms with Crippen LogP contribution in [-0.2, 0) is 0 Å². The zero-order valence-electron chi connectivity index (χ0n) is 23.1. The summed E-state index contributed by atoms with van der Waals surface area (Å²) in [5.41, 5.74) is 0.142. The van der Waals surface area contributed by atoms with Gasteiger partial charge >= 0.3 is 6.01 Å². The van der Waals surface area contributed by atoms with Crippen LogP contribution in [0, 0.1) is 54.7 Å². The van der Waals surface area contributed by atoms with E-state index in [9.17, 15) is 13.9 Å².